The summed E-state index contributed by atoms with van der Waals surface area (Å²) in [5.41, 5.74) is 1.06. The third-order valence-corrected chi connectivity index (χ3v) is 4.34. The number of piperidine rings is 1. The number of amides is 2. The van der Waals surface area contributed by atoms with E-state index in [1.165, 1.54) is 0 Å². The van der Waals surface area contributed by atoms with Crippen LogP contribution in [0.2, 0.25) is 0 Å². The molecule has 2 amide bonds. The summed E-state index contributed by atoms with van der Waals surface area (Å²) >= 11 is 0. The van der Waals surface area contributed by atoms with Crippen molar-refractivity contribution in [2.75, 3.05) is 25.0 Å². The zero-order valence-electron chi connectivity index (χ0n) is 11.6. The molecule has 2 N–H and O–H groups in total. The summed E-state index contributed by atoms with van der Waals surface area (Å²) in [6.45, 7) is 1.60. The van der Waals surface area contributed by atoms with Crippen molar-refractivity contribution in [3.8, 4) is 0 Å². The van der Waals surface area contributed by atoms with E-state index in [-0.39, 0.29) is 12.6 Å². The van der Waals surface area contributed by atoms with E-state index >= 15 is 0 Å². The van der Waals surface area contributed by atoms with Crippen LogP contribution < -0.4 is 5.32 Å². The van der Waals surface area contributed by atoms with Crippen LogP contribution in [0.5, 0.6) is 0 Å². The molecule has 6 nitrogen and oxygen atoms in total. The minimum Gasteiger partial charge on any atom is -0.396 e. The number of urea groups is 1. The Morgan fingerprint density at radius 2 is 2.10 bits per heavy atom. The van der Waals surface area contributed by atoms with Gasteiger partial charge in [0, 0.05) is 31.7 Å². The third-order valence-electron chi connectivity index (χ3n) is 4.34. The number of hydrogen-bond acceptors (Lipinski definition) is 4. The van der Waals surface area contributed by atoms with Gasteiger partial charge >= 0.3 is 6.03 Å². The van der Waals surface area contributed by atoms with Gasteiger partial charge in [-0.25, -0.2) is 4.79 Å². The molecule has 1 aromatic rings. The van der Waals surface area contributed by atoms with Crippen LogP contribution in [0.4, 0.5) is 10.6 Å². The number of aromatic nitrogens is 1. The van der Waals surface area contributed by atoms with Crippen LogP contribution in [0.15, 0.2) is 4.52 Å². The van der Waals surface area contributed by atoms with Gasteiger partial charge < -0.3 is 14.5 Å². The first-order valence-corrected chi connectivity index (χ1v) is 7.42. The van der Waals surface area contributed by atoms with Crippen LogP contribution >= 0.6 is 0 Å². The highest BCUT2D eigenvalue weighted by atomic mass is 16.5. The molecule has 1 aromatic heterocycles. The van der Waals surface area contributed by atoms with Crippen molar-refractivity contribution in [1.29, 1.82) is 0 Å². The fourth-order valence-corrected chi connectivity index (χ4v) is 2.98. The summed E-state index contributed by atoms with van der Waals surface area (Å²) < 4.78 is 5.29. The van der Waals surface area contributed by atoms with Crippen molar-refractivity contribution in [2.24, 2.45) is 5.92 Å². The number of aryl methyl sites for hydroxylation is 1. The SMILES string of the molecule is O=C(Nc1noc2c1CCCC2)N1CCC(CO)CC1. The van der Waals surface area contributed by atoms with E-state index in [1.54, 1.807) is 4.90 Å². The van der Waals surface area contributed by atoms with Crippen LogP contribution in [0.1, 0.15) is 37.0 Å². The number of rotatable bonds is 2. The molecule has 1 saturated heterocycles. The Bertz CT molecular complexity index is 478. The first-order chi connectivity index (χ1) is 9.78. The predicted molar refractivity (Wildman–Crippen MR) is 73.5 cm³/mol. The number of hydrogen-bond donors (Lipinski definition) is 2. The quantitative estimate of drug-likeness (QED) is 0.865. The van der Waals surface area contributed by atoms with E-state index in [1.807, 2.05) is 0 Å². The molecule has 1 aliphatic carbocycles. The minimum atomic E-state index is -0.108. The van der Waals surface area contributed by atoms with E-state index in [0.717, 1.165) is 49.8 Å². The average Bonchev–Trinajstić information content (AvgIpc) is 2.91. The number of nitrogens with zero attached hydrogens (tertiary/aromatic N) is 2. The van der Waals surface area contributed by atoms with E-state index in [4.69, 9.17) is 9.63 Å². The van der Waals surface area contributed by atoms with Gasteiger partial charge in [-0.2, -0.15) is 0 Å². The summed E-state index contributed by atoms with van der Waals surface area (Å²) in [6, 6.07) is -0.108. The second-order valence-electron chi connectivity index (χ2n) is 5.68. The standard InChI is InChI=1S/C14H21N3O3/c18-9-10-5-7-17(8-6-10)14(19)15-13-11-3-1-2-4-12(11)20-16-13/h10,18H,1-9H2,(H,15,16,19). The van der Waals surface area contributed by atoms with Gasteiger partial charge in [0.25, 0.3) is 0 Å². The number of carbonyl (C=O) groups is 1. The molecule has 110 valence electrons. The lowest BCUT2D eigenvalue weighted by atomic mass is 9.98. The smallest absolute Gasteiger partial charge is 0.323 e. The van der Waals surface area contributed by atoms with Gasteiger partial charge in [-0.15, -0.1) is 0 Å². The lowest BCUT2D eigenvalue weighted by Crippen LogP contribution is -2.41. The van der Waals surface area contributed by atoms with Gasteiger partial charge in [0.15, 0.2) is 5.82 Å². The Hall–Kier alpha value is -1.56. The number of fused-ring (bicyclic) bond motifs is 1. The fourth-order valence-electron chi connectivity index (χ4n) is 2.98. The van der Waals surface area contributed by atoms with Crippen LogP contribution in [-0.4, -0.2) is 40.9 Å². The lowest BCUT2D eigenvalue weighted by Gasteiger charge is -2.30. The lowest BCUT2D eigenvalue weighted by molar-refractivity contribution is 0.143. The zero-order valence-corrected chi connectivity index (χ0v) is 11.6. The number of aliphatic hydroxyl groups is 1. The van der Waals surface area contributed by atoms with E-state index in [9.17, 15) is 4.79 Å². The molecule has 0 saturated carbocycles. The number of likely N-dealkylation sites (tertiary alicyclic amines) is 1. The molecule has 20 heavy (non-hydrogen) atoms. The number of anilines is 1. The summed E-state index contributed by atoms with van der Waals surface area (Å²) in [4.78, 5) is 14.0. The Kier molecular flexibility index (Phi) is 3.91. The first kappa shape index (κ1) is 13.4. The molecule has 0 bridgehead atoms. The second kappa shape index (κ2) is 5.83. The molecule has 0 radical (unpaired) electrons. The van der Waals surface area contributed by atoms with Crippen LogP contribution in [0.3, 0.4) is 0 Å². The van der Waals surface area contributed by atoms with Crippen LogP contribution in [-0.2, 0) is 12.8 Å². The molecule has 0 spiro atoms. The summed E-state index contributed by atoms with van der Waals surface area (Å²) in [5.74, 6) is 1.85. The Balaban J connectivity index is 1.60. The average molecular weight is 279 g/mol. The van der Waals surface area contributed by atoms with Gasteiger partial charge in [0.1, 0.15) is 5.76 Å². The monoisotopic (exact) mass is 279 g/mol. The molecule has 0 unspecified atom stereocenters. The maximum atomic E-state index is 12.2. The minimum absolute atomic E-state index is 0.108. The highest BCUT2D eigenvalue weighted by molar-refractivity contribution is 5.89. The summed E-state index contributed by atoms with van der Waals surface area (Å²) in [5, 5.41) is 16.0. The molecular weight excluding hydrogens is 258 g/mol. The van der Waals surface area contributed by atoms with Crippen LogP contribution in [0.25, 0.3) is 0 Å². The Morgan fingerprint density at radius 3 is 2.85 bits per heavy atom. The number of aliphatic hydroxyl groups excluding tert-OH is 1. The predicted octanol–water partition coefficient (Wildman–Crippen LogP) is 1.79. The first-order valence-electron chi connectivity index (χ1n) is 7.42. The van der Waals surface area contributed by atoms with Crippen molar-refractivity contribution >= 4 is 11.8 Å². The normalized spacial score (nSPS) is 19.8. The molecular formula is C14H21N3O3. The van der Waals surface area contributed by atoms with E-state index in [2.05, 4.69) is 10.5 Å². The molecule has 6 heteroatoms. The summed E-state index contributed by atoms with van der Waals surface area (Å²) in [6.07, 6.45) is 5.83. The molecule has 2 aliphatic rings. The van der Waals surface area contributed by atoms with Gasteiger partial charge in [-0.3, -0.25) is 5.32 Å². The maximum Gasteiger partial charge on any atom is 0.323 e. The highest BCUT2D eigenvalue weighted by Crippen LogP contribution is 2.27. The molecule has 3 rings (SSSR count). The van der Waals surface area contributed by atoms with Crippen LogP contribution in [0, 0.1) is 5.92 Å². The van der Waals surface area contributed by atoms with Crippen molar-refractivity contribution in [1.82, 2.24) is 10.1 Å². The van der Waals surface area contributed by atoms with Crippen molar-refractivity contribution < 1.29 is 14.4 Å². The van der Waals surface area contributed by atoms with Gasteiger partial charge in [-0.05, 0) is 38.0 Å². The van der Waals surface area contributed by atoms with Gasteiger partial charge in [0.2, 0.25) is 0 Å². The van der Waals surface area contributed by atoms with Crippen molar-refractivity contribution in [2.45, 2.75) is 38.5 Å². The Morgan fingerprint density at radius 1 is 1.35 bits per heavy atom. The molecule has 2 heterocycles. The van der Waals surface area contributed by atoms with Crippen molar-refractivity contribution in [3.63, 3.8) is 0 Å². The maximum absolute atomic E-state index is 12.2. The highest BCUT2D eigenvalue weighted by Gasteiger charge is 2.25. The largest absolute Gasteiger partial charge is 0.396 e. The number of nitrogens with one attached hydrogen (secondary N) is 1. The van der Waals surface area contributed by atoms with Gasteiger partial charge in [-0.1, -0.05) is 5.16 Å². The fraction of sp³-hybridized carbons (Fsp3) is 0.714. The zero-order chi connectivity index (χ0) is 13.9. The molecule has 0 aromatic carbocycles. The Labute approximate surface area is 118 Å². The molecule has 1 aliphatic heterocycles. The third kappa shape index (κ3) is 2.65. The summed E-state index contributed by atoms with van der Waals surface area (Å²) in [7, 11) is 0. The molecule has 0 atom stereocenters. The van der Waals surface area contributed by atoms with Gasteiger partial charge in [0.05, 0.1) is 0 Å². The van der Waals surface area contributed by atoms with E-state index in [0.29, 0.717) is 24.8 Å². The number of carbonyl (C=O) groups excluding carboxylic acids is 1. The van der Waals surface area contributed by atoms with Crippen molar-refractivity contribution in [3.05, 3.63) is 11.3 Å². The molecule has 1 fully saturated rings. The van der Waals surface area contributed by atoms with E-state index < -0.39 is 0 Å². The second-order valence-corrected chi connectivity index (χ2v) is 5.68. The topological polar surface area (TPSA) is 78.6 Å².